The van der Waals surface area contributed by atoms with Gasteiger partial charge in [0.2, 0.25) is 5.96 Å². The summed E-state index contributed by atoms with van der Waals surface area (Å²) in [6, 6.07) is 0. The third kappa shape index (κ3) is 2.33. The number of nitrogens with two attached hydrogens (primary N) is 2. The Morgan fingerprint density at radius 1 is 1.75 bits per heavy atom. The number of hydrogen-bond donors (Lipinski definition) is 4. The molecule has 0 bridgehead atoms. The molecule has 1 atom stereocenters. The van der Waals surface area contributed by atoms with Gasteiger partial charge in [-0.15, -0.1) is 0 Å². The minimum absolute atomic E-state index is 0.121. The van der Waals surface area contributed by atoms with Crippen molar-refractivity contribution < 1.29 is 9.84 Å². The summed E-state index contributed by atoms with van der Waals surface area (Å²) in [5.74, 6) is 5.10. The molecule has 1 rings (SSSR count). The van der Waals surface area contributed by atoms with Crippen molar-refractivity contribution in [1.29, 1.82) is 0 Å². The Kier molecular flexibility index (Phi) is 2.85. The van der Waals surface area contributed by atoms with E-state index < -0.39 is 5.60 Å². The highest BCUT2D eigenvalue weighted by molar-refractivity contribution is 5.77. The van der Waals surface area contributed by atoms with Gasteiger partial charge in [-0.2, -0.15) is 0 Å². The average Bonchev–Trinajstić information content (AvgIpc) is 2.49. The maximum Gasteiger partial charge on any atom is 0.203 e. The highest BCUT2D eigenvalue weighted by Gasteiger charge is 2.31. The van der Waals surface area contributed by atoms with Gasteiger partial charge in [-0.25, -0.2) is 10.8 Å². The number of aliphatic hydroxyl groups is 1. The smallest absolute Gasteiger partial charge is 0.203 e. The number of ether oxygens (including phenoxy) is 1. The van der Waals surface area contributed by atoms with E-state index in [0.717, 1.165) is 0 Å². The van der Waals surface area contributed by atoms with Gasteiger partial charge < -0.3 is 15.6 Å². The molecule has 1 aliphatic heterocycles. The molecular weight excluding hydrogens is 160 g/mol. The summed E-state index contributed by atoms with van der Waals surface area (Å²) < 4.78 is 5.01. The van der Waals surface area contributed by atoms with Gasteiger partial charge in [0.25, 0.3) is 0 Å². The largest absolute Gasteiger partial charge is 0.385 e. The fraction of sp³-hybridized carbons (Fsp3) is 0.833. The van der Waals surface area contributed by atoms with Gasteiger partial charge in [0.15, 0.2) is 0 Å². The monoisotopic (exact) mass is 174 g/mol. The Morgan fingerprint density at radius 3 is 3.00 bits per heavy atom. The van der Waals surface area contributed by atoms with E-state index >= 15 is 0 Å². The number of aliphatic imine (C=N–C) groups is 1. The summed E-state index contributed by atoms with van der Waals surface area (Å²) in [5, 5.41) is 9.68. The van der Waals surface area contributed by atoms with Crippen molar-refractivity contribution >= 4 is 5.96 Å². The fourth-order valence-corrected chi connectivity index (χ4v) is 0.999. The molecule has 1 heterocycles. The minimum Gasteiger partial charge on any atom is -0.385 e. The van der Waals surface area contributed by atoms with Gasteiger partial charge in [-0.1, -0.05) is 0 Å². The summed E-state index contributed by atoms with van der Waals surface area (Å²) in [6.07, 6.45) is 0.592. The van der Waals surface area contributed by atoms with Crippen LogP contribution in [-0.2, 0) is 4.74 Å². The minimum atomic E-state index is -0.860. The number of rotatable bonds is 2. The molecule has 0 spiro atoms. The molecule has 0 amide bonds. The fourth-order valence-electron chi connectivity index (χ4n) is 0.999. The second-order valence-electron chi connectivity index (χ2n) is 2.87. The molecule has 0 aromatic rings. The van der Waals surface area contributed by atoms with Crippen LogP contribution in [0.1, 0.15) is 6.42 Å². The first-order valence-electron chi connectivity index (χ1n) is 3.73. The Bertz CT molecular complexity index is 176. The molecule has 12 heavy (non-hydrogen) atoms. The predicted molar refractivity (Wildman–Crippen MR) is 44.2 cm³/mol. The molecule has 0 radical (unpaired) electrons. The Labute approximate surface area is 70.6 Å². The van der Waals surface area contributed by atoms with Crippen molar-refractivity contribution in [3.8, 4) is 0 Å². The van der Waals surface area contributed by atoms with Crippen LogP contribution in [-0.4, -0.2) is 36.4 Å². The maximum absolute atomic E-state index is 9.68. The number of nitrogens with zero attached hydrogens (tertiary/aromatic N) is 1. The molecule has 0 saturated carbocycles. The van der Waals surface area contributed by atoms with Gasteiger partial charge >= 0.3 is 0 Å². The molecule has 6 N–H and O–H groups in total. The molecular formula is C6H14N4O2. The first-order chi connectivity index (χ1) is 5.66. The van der Waals surface area contributed by atoms with Gasteiger partial charge in [0, 0.05) is 13.0 Å². The molecule has 0 aromatic heterocycles. The number of guanidine groups is 1. The zero-order valence-electron chi connectivity index (χ0n) is 6.79. The quantitative estimate of drug-likeness (QED) is 0.166. The second kappa shape index (κ2) is 3.70. The van der Waals surface area contributed by atoms with Crippen LogP contribution in [0.15, 0.2) is 4.99 Å². The summed E-state index contributed by atoms with van der Waals surface area (Å²) in [7, 11) is 0. The molecule has 1 unspecified atom stereocenters. The molecule has 1 fully saturated rings. The highest BCUT2D eigenvalue weighted by atomic mass is 16.5. The van der Waals surface area contributed by atoms with Crippen molar-refractivity contribution in [2.24, 2.45) is 16.6 Å². The van der Waals surface area contributed by atoms with Gasteiger partial charge in [-0.05, 0) is 0 Å². The third-order valence-electron chi connectivity index (χ3n) is 1.77. The Hall–Kier alpha value is -0.850. The first-order valence-corrected chi connectivity index (χ1v) is 3.73. The van der Waals surface area contributed by atoms with Crippen molar-refractivity contribution in [3.63, 3.8) is 0 Å². The summed E-state index contributed by atoms with van der Waals surface area (Å²) in [6.45, 7) is 1.11. The average molecular weight is 174 g/mol. The molecule has 6 nitrogen and oxygen atoms in total. The van der Waals surface area contributed by atoms with E-state index in [-0.39, 0.29) is 12.5 Å². The van der Waals surface area contributed by atoms with E-state index in [9.17, 15) is 5.11 Å². The van der Waals surface area contributed by atoms with E-state index in [1.165, 1.54) is 0 Å². The van der Waals surface area contributed by atoms with Crippen LogP contribution < -0.4 is 17.0 Å². The van der Waals surface area contributed by atoms with E-state index in [4.69, 9.17) is 16.3 Å². The summed E-state index contributed by atoms with van der Waals surface area (Å²) in [4.78, 5) is 3.82. The zero-order valence-corrected chi connectivity index (χ0v) is 6.79. The van der Waals surface area contributed by atoms with Gasteiger partial charge in [0.05, 0.1) is 13.2 Å². The van der Waals surface area contributed by atoms with Crippen LogP contribution >= 0.6 is 0 Å². The summed E-state index contributed by atoms with van der Waals surface area (Å²) in [5.41, 5.74) is 6.59. The molecule has 1 saturated heterocycles. The summed E-state index contributed by atoms with van der Waals surface area (Å²) >= 11 is 0. The van der Waals surface area contributed by atoms with E-state index in [0.29, 0.717) is 19.6 Å². The lowest BCUT2D eigenvalue weighted by Gasteiger charge is -2.17. The van der Waals surface area contributed by atoms with Crippen LogP contribution in [0.3, 0.4) is 0 Å². The Balaban J connectivity index is 2.39. The van der Waals surface area contributed by atoms with Gasteiger partial charge in [-0.3, -0.25) is 5.43 Å². The van der Waals surface area contributed by atoms with Crippen LogP contribution in [0, 0.1) is 0 Å². The van der Waals surface area contributed by atoms with Crippen LogP contribution in [0.25, 0.3) is 0 Å². The first kappa shape index (κ1) is 9.24. The number of hydrogen-bond acceptors (Lipinski definition) is 4. The second-order valence-corrected chi connectivity index (χ2v) is 2.87. The topological polar surface area (TPSA) is 106 Å². The molecule has 6 heteroatoms. The molecule has 0 aromatic carbocycles. The third-order valence-corrected chi connectivity index (χ3v) is 1.77. The number of nitrogens with one attached hydrogen (secondary N) is 1. The zero-order chi connectivity index (χ0) is 9.03. The molecule has 0 aliphatic carbocycles. The molecule has 70 valence electrons. The standard InChI is InChI=1S/C6H14N4O2/c7-5(10-8)9-3-6(11)1-2-12-4-6/h11H,1-4,8H2,(H3,7,9,10). The Morgan fingerprint density at radius 2 is 2.50 bits per heavy atom. The van der Waals surface area contributed by atoms with Crippen LogP contribution in [0.5, 0.6) is 0 Å². The van der Waals surface area contributed by atoms with E-state index in [2.05, 4.69) is 10.4 Å². The van der Waals surface area contributed by atoms with Gasteiger partial charge in [0.1, 0.15) is 5.60 Å². The van der Waals surface area contributed by atoms with Crippen molar-refractivity contribution in [2.75, 3.05) is 19.8 Å². The SMILES string of the molecule is NNC(N)=NCC1(O)CCOC1. The van der Waals surface area contributed by atoms with Crippen molar-refractivity contribution in [2.45, 2.75) is 12.0 Å². The lowest BCUT2D eigenvalue weighted by atomic mass is 10.0. The highest BCUT2D eigenvalue weighted by Crippen LogP contribution is 2.17. The number of hydrazine groups is 1. The van der Waals surface area contributed by atoms with Crippen LogP contribution in [0.2, 0.25) is 0 Å². The van der Waals surface area contributed by atoms with E-state index in [1.54, 1.807) is 0 Å². The van der Waals surface area contributed by atoms with E-state index in [1.807, 2.05) is 0 Å². The normalized spacial score (nSPS) is 30.7. The van der Waals surface area contributed by atoms with Crippen molar-refractivity contribution in [3.05, 3.63) is 0 Å². The maximum atomic E-state index is 9.68. The lowest BCUT2D eigenvalue weighted by Crippen LogP contribution is -2.40. The lowest BCUT2D eigenvalue weighted by molar-refractivity contribution is 0.0349. The molecule has 1 aliphatic rings. The van der Waals surface area contributed by atoms with Crippen LogP contribution in [0.4, 0.5) is 0 Å². The predicted octanol–water partition coefficient (Wildman–Crippen LogP) is -2.08. The van der Waals surface area contributed by atoms with Crippen molar-refractivity contribution in [1.82, 2.24) is 5.43 Å².